The number of nitrogens with one attached hydrogen (secondary N) is 2. The van der Waals surface area contributed by atoms with Crippen LogP contribution in [-0.2, 0) is 6.54 Å². The van der Waals surface area contributed by atoms with Gasteiger partial charge in [0.25, 0.3) is 0 Å². The Hall–Kier alpha value is -0.980. The molecule has 16 heavy (non-hydrogen) atoms. The zero-order valence-electron chi connectivity index (χ0n) is 9.70. The van der Waals surface area contributed by atoms with Gasteiger partial charge in [-0.15, -0.1) is 0 Å². The van der Waals surface area contributed by atoms with Crippen LogP contribution in [0.2, 0.25) is 0 Å². The molecule has 2 rings (SSSR count). The normalized spacial score (nSPS) is 17.8. The van der Waals surface area contributed by atoms with Crippen LogP contribution >= 0.6 is 0 Å². The molecule has 1 aliphatic rings. The molecule has 0 spiro atoms. The Morgan fingerprint density at radius 3 is 2.94 bits per heavy atom. The number of hydrogen-bond acceptors (Lipinski definition) is 6. The van der Waals surface area contributed by atoms with Gasteiger partial charge in [0, 0.05) is 39.3 Å². The van der Waals surface area contributed by atoms with Crippen molar-refractivity contribution in [2.45, 2.75) is 13.5 Å². The largest absolute Gasteiger partial charge is 0.338 e. The number of rotatable bonds is 5. The second kappa shape index (κ2) is 5.93. The van der Waals surface area contributed by atoms with Crippen LogP contribution < -0.4 is 10.6 Å². The van der Waals surface area contributed by atoms with E-state index in [0.717, 1.165) is 39.3 Å². The third kappa shape index (κ3) is 3.55. The Kier molecular flexibility index (Phi) is 4.26. The molecule has 0 aliphatic carbocycles. The lowest BCUT2D eigenvalue weighted by molar-refractivity contribution is 0.239. The predicted molar refractivity (Wildman–Crippen MR) is 60.1 cm³/mol. The molecular formula is C10H19N5O. The van der Waals surface area contributed by atoms with Crippen molar-refractivity contribution in [2.24, 2.45) is 0 Å². The van der Waals surface area contributed by atoms with Crippen LogP contribution in [0.4, 0.5) is 0 Å². The zero-order chi connectivity index (χ0) is 11.2. The molecule has 6 nitrogen and oxygen atoms in total. The van der Waals surface area contributed by atoms with Crippen LogP contribution in [0.15, 0.2) is 4.52 Å². The number of piperazine rings is 1. The highest BCUT2D eigenvalue weighted by molar-refractivity contribution is 4.81. The first-order chi connectivity index (χ1) is 7.84. The molecule has 0 atom stereocenters. The van der Waals surface area contributed by atoms with Gasteiger partial charge in [-0.2, -0.15) is 4.98 Å². The first-order valence-electron chi connectivity index (χ1n) is 5.77. The van der Waals surface area contributed by atoms with Gasteiger partial charge < -0.3 is 15.2 Å². The lowest BCUT2D eigenvalue weighted by atomic mass is 10.3. The number of aromatic nitrogens is 2. The highest BCUT2D eigenvalue weighted by Gasteiger charge is 2.08. The molecule has 1 fully saturated rings. The van der Waals surface area contributed by atoms with Crippen molar-refractivity contribution in [3.05, 3.63) is 11.7 Å². The Labute approximate surface area is 95.4 Å². The SMILES string of the molecule is Cc1noc(CNCCN2CCNCC2)n1. The first kappa shape index (κ1) is 11.5. The van der Waals surface area contributed by atoms with Crippen LogP contribution in [0.1, 0.15) is 11.7 Å². The van der Waals surface area contributed by atoms with Crippen molar-refractivity contribution in [3.63, 3.8) is 0 Å². The van der Waals surface area contributed by atoms with Gasteiger partial charge in [0.2, 0.25) is 5.89 Å². The van der Waals surface area contributed by atoms with Crippen molar-refractivity contribution in [2.75, 3.05) is 39.3 Å². The van der Waals surface area contributed by atoms with E-state index < -0.39 is 0 Å². The maximum absolute atomic E-state index is 5.01. The summed E-state index contributed by atoms with van der Waals surface area (Å²) in [5, 5.41) is 10.4. The monoisotopic (exact) mass is 225 g/mol. The molecule has 0 saturated carbocycles. The van der Waals surface area contributed by atoms with E-state index in [1.54, 1.807) is 0 Å². The fourth-order valence-electron chi connectivity index (χ4n) is 1.78. The van der Waals surface area contributed by atoms with Crippen molar-refractivity contribution in [1.82, 2.24) is 25.7 Å². The Morgan fingerprint density at radius 1 is 1.44 bits per heavy atom. The summed E-state index contributed by atoms with van der Waals surface area (Å²) in [5.74, 6) is 1.36. The molecule has 1 saturated heterocycles. The number of hydrogen-bond donors (Lipinski definition) is 2. The topological polar surface area (TPSA) is 66.2 Å². The van der Waals surface area contributed by atoms with Crippen LogP contribution in [-0.4, -0.2) is 54.3 Å². The van der Waals surface area contributed by atoms with Crippen LogP contribution in [0.3, 0.4) is 0 Å². The average Bonchev–Trinajstić information content (AvgIpc) is 2.72. The van der Waals surface area contributed by atoms with E-state index in [-0.39, 0.29) is 0 Å². The standard InChI is InChI=1S/C10H19N5O/c1-9-13-10(16-14-9)8-12-4-7-15-5-2-11-3-6-15/h11-12H,2-8H2,1H3. The highest BCUT2D eigenvalue weighted by atomic mass is 16.5. The molecule has 0 aromatic carbocycles. The summed E-state index contributed by atoms with van der Waals surface area (Å²) in [4.78, 5) is 6.58. The molecule has 1 aromatic heterocycles. The van der Waals surface area contributed by atoms with Crippen LogP contribution in [0.5, 0.6) is 0 Å². The van der Waals surface area contributed by atoms with Crippen LogP contribution in [0, 0.1) is 6.92 Å². The summed E-state index contributed by atoms with van der Waals surface area (Å²) in [5.41, 5.74) is 0. The van der Waals surface area contributed by atoms with Gasteiger partial charge in [0.15, 0.2) is 5.82 Å². The maximum atomic E-state index is 5.01. The van der Waals surface area contributed by atoms with E-state index >= 15 is 0 Å². The molecule has 1 aromatic rings. The Morgan fingerprint density at radius 2 is 2.25 bits per heavy atom. The van der Waals surface area contributed by atoms with Crippen molar-refractivity contribution in [1.29, 1.82) is 0 Å². The third-order valence-corrected chi connectivity index (χ3v) is 2.66. The second-order valence-electron chi connectivity index (χ2n) is 4.00. The number of aryl methyl sites for hydroxylation is 1. The summed E-state index contributed by atoms with van der Waals surface area (Å²) >= 11 is 0. The molecule has 1 aliphatic heterocycles. The fraction of sp³-hybridized carbons (Fsp3) is 0.800. The van der Waals surface area contributed by atoms with E-state index in [1.807, 2.05) is 6.92 Å². The lowest BCUT2D eigenvalue weighted by Gasteiger charge is -2.26. The van der Waals surface area contributed by atoms with E-state index in [9.17, 15) is 0 Å². The van der Waals surface area contributed by atoms with Gasteiger partial charge in [-0.05, 0) is 6.92 Å². The number of nitrogens with zero attached hydrogens (tertiary/aromatic N) is 3. The van der Waals surface area contributed by atoms with Crippen LogP contribution in [0.25, 0.3) is 0 Å². The summed E-state index contributed by atoms with van der Waals surface area (Å²) < 4.78 is 5.01. The predicted octanol–water partition coefficient (Wildman–Crippen LogP) is -0.627. The minimum absolute atomic E-state index is 0.660. The molecule has 90 valence electrons. The van der Waals surface area contributed by atoms with Gasteiger partial charge >= 0.3 is 0 Å². The average molecular weight is 225 g/mol. The summed E-state index contributed by atoms with van der Waals surface area (Å²) in [7, 11) is 0. The highest BCUT2D eigenvalue weighted by Crippen LogP contribution is 1.95. The quantitative estimate of drug-likeness (QED) is 0.651. The fourth-order valence-corrected chi connectivity index (χ4v) is 1.78. The zero-order valence-corrected chi connectivity index (χ0v) is 9.70. The second-order valence-corrected chi connectivity index (χ2v) is 4.00. The first-order valence-corrected chi connectivity index (χ1v) is 5.77. The molecule has 2 heterocycles. The van der Waals surface area contributed by atoms with Gasteiger partial charge in [-0.3, -0.25) is 4.90 Å². The molecular weight excluding hydrogens is 206 g/mol. The summed E-state index contributed by atoms with van der Waals surface area (Å²) in [6, 6.07) is 0. The smallest absolute Gasteiger partial charge is 0.240 e. The lowest BCUT2D eigenvalue weighted by Crippen LogP contribution is -2.45. The van der Waals surface area contributed by atoms with Crippen molar-refractivity contribution < 1.29 is 4.52 Å². The minimum Gasteiger partial charge on any atom is -0.338 e. The molecule has 2 N–H and O–H groups in total. The van der Waals surface area contributed by atoms with Crippen molar-refractivity contribution in [3.8, 4) is 0 Å². The van der Waals surface area contributed by atoms with Gasteiger partial charge in [0.1, 0.15) is 0 Å². The van der Waals surface area contributed by atoms with Crippen molar-refractivity contribution >= 4 is 0 Å². The molecule has 0 radical (unpaired) electrons. The summed E-state index contributed by atoms with van der Waals surface area (Å²) in [6.45, 7) is 9.01. The third-order valence-electron chi connectivity index (χ3n) is 2.66. The Balaban J connectivity index is 1.57. The maximum Gasteiger partial charge on any atom is 0.240 e. The van der Waals surface area contributed by atoms with E-state index in [4.69, 9.17) is 4.52 Å². The van der Waals surface area contributed by atoms with E-state index in [2.05, 4.69) is 25.7 Å². The summed E-state index contributed by atoms with van der Waals surface area (Å²) in [6.07, 6.45) is 0. The van der Waals surface area contributed by atoms with Gasteiger partial charge in [0.05, 0.1) is 6.54 Å². The van der Waals surface area contributed by atoms with E-state index in [1.165, 1.54) is 0 Å². The minimum atomic E-state index is 0.660. The molecule has 0 unspecified atom stereocenters. The van der Waals surface area contributed by atoms with Gasteiger partial charge in [-0.1, -0.05) is 5.16 Å². The molecule has 0 bridgehead atoms. The molecule has 0 amide bonds. The molecule has 6 heteroatoms. The van der Waals surface area contributed by atoms with Gasteiger partial charge in [-0.25, -0.2) is 0 Å². The Bertz CT molecular complexity index is 308. The van der Waals surface area contributed by atoms with E-state index in [0.29, 0.717) is 18.3 Å².